The van der Waals surface area contributed by atoms with E-state index >= 15 is 0 Å². The molecule has 4 heteroatoms. The molecule has 0 aliphatic carbocycles. The fourth-order valence-electron chi connectivity index (χ4n) is 1.71. The predicted octanol–water partition coefficient (Wildman–Crippen LogP) is 2.21. The first-order chi connectivity index (χ1) is 8.09. The molecule has 2 heterocycles. The van der Waals surface area contributed by atoms with Crippen LogP contribution in [0.15, 0.2) is 24.7 Å². The maximum atomic E-state index is 9.53. The van der Waals surface area contributed by atoms with Crippen LogP contribution < -0.4 is 0 Å². The lowest BCUT2D eigenvalue weighted by Gasteiger charge is -2.09. The minimum absolute atomic E-state index is 0.543. The first kappa shape index (κ1) is 11.7. The van der Waals surface area contributed by atoms with Gasteiger partial charge in [-0.1, -0.05) is 0 Å². The second kappa shape index (κ2) is 4.59. The van der Waals surface area contributed by atoms with Crippen LogP contribution in [0.1, 0.15) is 29.8 Å². The number of hydrogen-bond donors (Lipinski definition) is 1. The van der Waals surface area contributed by atoms with Crippen LogP contribution in [-0.4, -0.2) is 20.1 Å². The van der Waals surface area contributed by atoms with Crippen LogP contribution in [0.2, 0.25) is 0 Å². The maximum absolute atomic E-state index is 9.53. The summed E-state index contributed by atoms with van der Waals surface area (Å²) < 4.78 is 0. The third-order valence-corrected chi connectivity index (χ3v) is 2.75. The highest BCUT2D eigenvalue weighted by molar-refractivity contribution is 5.58. The first-order valence-electron chi connectivity index (χ1n) is 5.52. The van der Waals surface area contributed by atoms with E-state index in [-0.39, 0.29) is 0 Å². The summed E-state index contributed by atoms with van der Waals surface area (Å²) >= 11 is 0. The number of aliphatic hydroxyl groups excluding tert-OH is 1. The van der Waals surface area contributed by atoms with Crippen molar-refractivity contribution < 1.29 is 5.11 Å². The molecular formula is C13H15N3O. The Bertz CT molecular complexity index is 538. The summed E-state index contributed by atoms with van der Waals surface area (Å²) in [5.41, 5.74) is 3.57. The molecule has 0 aromatic carbocycles. The maximum Gasteiger partial charge on any atom is 0.161 e. The molecule has 0 saturated carbocycles. The number of nitrogens with zero attached hydrogens (tertiary/aromatic N) is 3. The van der Waals surface area contributed by atoms with Gasteiger partial charge in [0.1, 0.15) is 0 Å². The van der Waals surface area contributed by atoms with Gasteiger partial charge in [-0.05, 0) is 32.4 Å². The van der Waals surface area contributed by atoms with E-state index in [4.69, 9.17) is 0 Å². The molecule has 0 aliphatic heterocycles. The van der Waals surface area contributed by atoms with E-state index in [1.807, 2.05) is 19.9 Å². The average molecular weight is 229 g/mol. The van der Waals surface area contributed by atoms with Gasteiger partial charge in [0.05, 0.1) is 6.10 Å². The van der Waals surface area contributed by atoms with Crippen LogP contribution in [0, 0.1) is 13.8 Å². The molecule has 0 radical (unpaired) electrons. The van der Waals surface area contributed by atoms with E-state index in [0.29, 0.717) is 5.82 Å². The highest BCUT2D eigenvalue weighted by atomic mass is 16.3. The van der Waals surface area contributed by atoms with Crippen molar-refractivity contribution in [3.8, 4) is 11.4 Å². The van der Waals surface area contributed by atoms with E-state index in [0.717, 1.165) is 22.4 Å². The van der Waals surface area contributed by atoms with Gasteiger partial charge in [0, 0.05) is 35.4 Å². The Morgan fingerprint density at radius 1 is 1.24 bits per heavy atom. The van der Waals surface area contributed by atoms with Gasteiger partial charge >= 0.3 is 0 Å². The number of aryl methyl sites for hydroxylation is 2. The largest absolute Gasteiger partial charge is 0.389 e. The number of aromatic nitrogens is 3. The molecule has 2 aromatic rings. The van der Waals surface area contributed by atoms with E-state index in [1.54, 1.807) is 25.5 Å². The van der Waals surface area contributed by atoms with Gasteiger partial charge < -0.3 is 5.11 Å². The summed E-state index contributed by atoms with van der Waals surface area (Å²) in [6, 6.07) is 1.93. The lowest BCUT2D eigenvalue weighted by atomic mass is 10.1. The Hall–Kier alpha value is -1.81. The highest BCUT2D eigenvalue weighted by Gasteiger charge is 2.10. The number of rotatable bonds is 2. The van der Waals surface area contributed by atoms with Gasteiger partial charge in [-0.3, -0.25) is 4.98 Å². The minimum Gasteiger partial charge on any atom is -0.389 e. The SMILES string of the molecule is Cc1ccncc1-c1ncc([C@H](C)O)c(C)n1. The number of pyridine rings is 1. The van der Waals surface area contributed by atoms with Crippen molar-refractivity contribution in [2.45, 2.75) is 26.9 Å². The second-order valence-corrected chi connectivity index (χ2v) is 4.10. The molecule has 0 fully saturated rings. The van der Waals surface area contributed by atoms with Gasteiger partial charge in [-0.25, -0.2) is 9.97 Å². The van der Waals surface area contributed by atoms with Crippen molar-refractivity contribution in [2.75, 3.05) is 0 Å². The fraction of sp³-hybridized carbons (Fsp3) is 0.308. The van der Waals surface area contributed by atoms with Crippen LogP contribution >= 0.6 is 0 Å². The Kier molecular flexibility index (Phi) is 3.15. The van der Waals surface area contributed by atoms with Crippen LogP contribution in [0.5, 0.6) is 0 Å². The molecule has 0 amide bonds. The average Bonchev–Trinajstić information content (AvgIpc) is 2.29. The van der Waals surface area contributed by atoms with Crippen LogP contribution in [0.3, 0.4) is 0 Å². The Morgan fingerprint density at radius 2 is 2.00 bits per heavy atom. The highest BCUT2D eigenvalue weighted by Crippen LogP contribution is 2.21. The smallest absolute Gasteiger partial charge is 0.161 e. The third kappa shape index (κ3) is 2.31. The summed E-state index contributed by atoms with van der Waals surface area (Å²) in [6.45, 7) is 5.58. The lowest BCUT2D eigenvalue weighted by Crippen LogP contribution is -2.02. The Labute approximate surface area is 100 Å². The molecule has 0 aliphatic rings. The molecule has 2 aromatic heterocycles. The van der Waals surface area contributed by atoms with Gasteiger partial charge in [0.15, 0.2) is 5.82 Å². The zero-order valence-corrected chi connectivity index (χ0v) is 10.2. The van der Waals surface area contributed by atoms with Crippen molar-refractivity contribution >= 4 is 0 Å². The zero-order valence-electron chi connectivity index (χ0n) is 10.2. The summed E-state index contributed by atoms with van der Waals surface area (Å²) in [5, 5.41) is 9.53. The summed E-state index contributed by atoms with van der Waals surface area (Å²) in [7, 11) is 0. The standard InChI is InChI=1S/C13H15N3O/c1-8-4-5-14-6-11(8)13-15-7-12(10(3)17)9(2)16-13/h4-7,10,17H,1-3H3/t10-/m0/s1. The molecule has 1 atom stereocenters. The topological polar surface area (TPSA) is 58.9 Å². The van der Waals surface area contributed by atoms with Gasteiger partial charge in [-0.15, -0.1) is 0 Å². The lowest BCUT2D eigenvalue weighted by molar-refractivity contribution is 0.197. The molecule has 4 nitrogen and oxygen atoms in total. The minimum atomic E-state index is -0.543. The summed E-state index contributed by atoms with van der Waals surface area (Å²) in [4.78, 5) is 12.8. The molecule has 2 rings (SSSR count). The van der Waals surface area contributed by atoms with Crippen LogP contribution in [-0.2, 0) is 0 Å². The molecule has 1 N–H and O–H groups in total. The van der Waals surface area contributed by atoms with Gasteiger partial charge in [0.25, 0.3) is 0 Å². The van der Waals surface area contributed by atoms with Crippen molar-refractivity contribution in [2.24, 2.45) is 0 Å². The molecule has 0 saturated heterocycles. The molecule has 0 bridgehead atoms. The molecule has 17 heavy (non-hydrogen) atoms. The normalized spacial score (nSPS) is 12.5. The van der Waals surface area contributed by atoms with Crippen LogP contribution in [0.4, 0.5) is 0 Å². The van der Waals surface area contributed by atoms with Crippen molar-refractivity contribution in [1.82, 2.24) is 15.0 Å². The summed E-state index contributed by atoms with van der Waals surface area (Å²) in [6.07, 6.45) is 4.63. The first-order valence-corrected chi connectivity index (χ1v) is 5.52. The second-order valence-electron chi connectivity index (χ2n) is 4.10. The quantitative estimate of drug-likeness (QED) is 0.857. The Morgan fingerprint density at radius 3 is 2.59 bits per heavy atom. The van der Waals surface area contributed by atoms with Crippen molar-refractivity contribution in [1.29, 1.82) is 0 Å². The van der Waals surface area contributed by atoms with Crippen molar-refractivity contribution in [3.63, 3.8) is 0 Å². The monoisotopic (exact) mass is 229 g/mol. The Balaban J connectivity index is 2.49. The molecule has 88 valence electrons. The van der Waals surface area contributed by atoms with Gasteiger partial charge in [-0.2, -0.15) is 0 Å². The predicted molar refractivity (Wildman–Crippen MR) is 65.4 cm³/mol. The fourth-order valence-corrected chi connectivity index (χ4v) is 1.71. The van der Waals surface area contributed by atoms with Gasteiger partial charge in [0.2, 0.25) is 0 Å². The molecule has 0 spiro atoms. The molecular weight excluding hydrogens is 214 g/mol. The van der Waals surface area contributed by atoms with Crippen molar-refractivity contribution in [3.05, 3.63) is 41.5 Å². The summed E-state index contributed by atoms with van der Waals surface area (Å²) in [5.74, 6) is 0.650. The van der Waals surface area contributed by atoms with E-state index in [2.05, 4.69) is 15.0 Å². The molecule has 0 unspecified atom stereocenters. The van der Waals surface area contributed by atoms with E-state index in [1.165, 1.54) is 0 Å². The zero-order chi connectivity index (χ0) is 12.4. The van der Waals surface area contributed by atoms with Crippen LogP contribution in [0.25, 0.3) is 11.4 Å². The number of hydrogen-bond acceptors (Lipinski definition) is 4. The number of aliphatic hydroxyl groups is 1. The third-order valence-electron chi connectivity index (χ3n) is 2.75. The van der Waals surface area contributed by atoms with E-state index in [9.17, 15) is 5.11 Å². The van der Waals surface area contributed by atoms with E-state index < -0.39 is 6.10 Å².